The molecule has 2 rings (SSSR count). The molecule has 0 unspecified atom stereocenters. The van der Waals surface area contributed by atoms with E-state index in [9.17, 15) is 14.4 Å². The summed E-state index contributed by atoms with van der Waals surface area (Å²) in [6.45, 7) is 0.569. The normalized spacial score (nSPS) is 10.4. The Bertz CT molecular complexity index is 827. The molecule has 3 N–H and O–H groups in total. The smallest absolute Gasteiger partial charge is 0.304 e. The van der Waals surface area contributed by atoms with Gasteiger partial charge in [-0.1, -0.05) is 48.9 Å². The SMILES string of the molecule is O=C(O)CCSCC(=O)NCCCCCC(=O)Nc1cccc(-c2ccccc2)c1. The summed E-state index contributed by atoms with van der Waals surface area (Å²) in [6.07, 6.45) is 2.92. The van der Waals surface area contributed by atoms with Crippen LogP contribution in [0.4, 0.5) is 5.69 Å². The summed E-state index contributed by atoms with van der Waals surface area (Å²) in [6, 6.07) is 17.8. The number of unbranched alkanes of at least 4 members (excludes halogenated alkanes) is 2. The maximum Gasteiger partial charge on any atom is 0.304 e. The molecule has 0 aliphatic rings. The van der Waals surface area contributed by atoms with E-state index in [0.717, 1.165) is 36.1 Å². The number of nitrogens with one attached hydrogen (secondary N) is 2. The zero-order valence-corrected chi connectivity index (χ0v) is 17.7. The largest absolute Gasteiger partial charge is 0.481 e. The standard InChI is InChI=1S/C23H28N2O4S/c26-21(12-5-2-6-14-24-22(27)17-30-15-13-23(28)29)25-20-11-7-10-19(16-20)18-8-3-1-4-9-18/h1,3-4,7-11,16H,2,5-6,12-15,17H2,(H,24,27)(H,25,26)(H,28,29). The summed E-state index contributed by atoms with van der Waals surface area (Å²) in [5.74, 6) is -0.236. The van der Waals surface area contributed by atoms with Crippen LogP contribution < -0.4 is 10.6 Å². The van der Waals surface area contributed by atoms with Crippen molar-refractivity contribution < 1.29 is 19.5 Å². The molecule has 7 heteroatoms. The molecule has 0 spiro atoms. The number of rotatable bonds is 13. The van der Waals surface area contributed by atoms with Crippen molar-refractivity contribution in [2.75, 3.05) is 23.4 Å². The van der Waals surface area contributed by atoms with Gasteiger partial charge in [0.2, 0.25) is 11.8 Å². The lowest BCUT2D eigenvalue weighted by Gasteiger charge is -2.08. The van der Waals surface area contributed by atoms with Gasteiger partial charge in [0.1, 0.15) is 0 Å². The summed E-state index contributed by atoms with van der Waals surface area (Å²) >= 11 is 1.32. The number of carbonyl (C=O) groups excluding carboxylic acids is 2. The number of hydrogen-bond donors (Lipinski definition) is 3. The zero-order chi connectivity index (χ0) is 21.6. The van der Waals surface area contributed by atoms with Crippen molar-refractivity contribution in [2.24, 2.45) is 0 Å². The lowest BCUT2D eigenvalue weighted by molar-refractivity contribution is -0.136. The van der Waals surface area contributed by atoms with Gasteiger partial charge in [-0.15, -0.1) is 0 Å². The fourth-order valence-electron chi connectivity index (χ4n) is 2.82. The molecule has 2 amide bonds. The van der Waals surface area contributed by atoms with E-state index in [4.69, 9.17) is 5.11 Å². The van der Waals surface area contributed by atoms with Gasteiger partial charge in [0.05, 0.1) is 12.2 Å². The Labute approximate surface area is 181 Å². The average Bonchev–Trinajstić information content (AvgIpc) is 2.74. The minimum atomic E-state index is -0.851. The number of thioether (sulfide) groups is 1. The van der Waals surface area contributed by atoms with Gasteiger partial charge in [-0.2, -0.15) is 11.8 Å². The quantitative estimate of drug-likeness (QED) is 0.416. The third-order valence-electron chi connectivity index (χ3n) is 4.35. The number of amides is 2. The Morgan fingerprint density at radius 3 is 2.37 bits per heavy atom. The molecule has 6 nitrogen and oxygen atoms in total. The molecule has 0 aliphatic heterocycles. The fraction of sp³-hybridized carbons (Fsp3) is 0.348. The Kier molecular flexibility index (Phi) is 10.5. The molecule has 0 aromatic heterocycles. The predicted molar refractivity (Wildman–Crippen MR) is 122 cm³/mol. The second-order valence-corrected chi connectivity index (χ2v) is 7.96. The minimum Gasteiger partial charge on any atom is -0.481 e. The van der Waals surface area contributed by atoms with E-state index >= 15 is 0 Å². The molecule has 2 aromatic rings. The van der Waals surface area contributed by atoms with Gasteiger partial charge in [0.15, 0.2) is 0 Å². The van der Waals surface area contributed by atoms with Gasteiger partial charge >= 0.3 is 5.97 Å². The molecule has 0 heterocycles. The number of carboxylic acids is 1. The second-order valence-electron chi connectivity index (χ2n) is 6.85. The Morgan fingerprint density at radius 1 is 0.833 bits per heavy atom. The first kappa shape index (κ1) is 23.5. The third kappa shape index (κ3) is 9.60. The van der Waals surface area contributed by atoms with E-state index in [0.29, 0.717) is 18.7 Å². The number of benzene rings is 2. The molecule has 0 aliphatic carbocycles. The summed E-state index contributed by atoms with van der Waals surface area (Å²) in [5, 5.41) is 14.3. The Balaban J connectivity index is 1.57. The molecule has 0 atom stereocenters. The third-order valence-corrected chi connectivity index (χ3v) is 5.31. The number of carboxylic acid groups (broad SMARTS) is 1. The van der Waals surface area contributed by atoms with Crippen molar-refractivity contribution in [1.29, 1.82) is 0 Å². The van der Waals surface area contributed by atoms with E-state index < -0.39 is 5.97 Å². The topological polar surface area (TPSA) is 95.5 Å². The molecule has 2 aromatic carbocycles. The highest BCUT2D eigenvalue weighted by Crippen LogP contribution is 2.22. The van der Waals surface area contributed by atoms with Crippen molar-refractivity contribution in [3.05, 3.63) is 54.6 Å². The first-order valence-electron chi connectivity index (χ1n) is 10.1. The first-order valence-corrected chi connectivity index (χ1v) is 11.2. The van der Waals surface area contributed by atoms with Crippen LogP contribution in [0.3, 0.4) is 0 Å². The highest BCUT2D eigenvalue weighted by molar-refractivity contribution is 7.99. The number of hydrogen-bond acceptors (Lipinski definition) is 4. The fourth-order valence-corrected chi connectivity index (χ4v) is 3.57. The molecule has 0 saturated heterocycles. The van der Waals surface area contributed by atoms with Gasteiger partial charge in [-0.05, 0) is 36.1 Å². The van der Waals surface area contributed by atoms with Gasteiger partial charge in [-0.25, -0.2) is 0 Å². The van der Waals surface area contributed by atoms with Crippen molar-refractivity contribution >= 4 is 35.2 Å². The van der Waals surface area contributed by atoms with E-state index in [1.807, 2.05) is 54.6 Å². The lowest BCUT2D eigenvalue weighted by Crippen LogP contribution is -2.26. The molecule has 0 radical (unpaired) electrons. The molecular formula is C23H28N2O4S. The average molecular weight is 429 g/mol. The van der Waals surface area contributed by atoms with Crippen molar-refractivity contribution in [3.8, 4) is 11.1 Å². The van der Waals surface area contributed by atoms with Gasteiger partial charge in [-0.3, -0.25) is 14.4 Å². The number of carbonyl (C=O) groups is 3. The van der Waals surface area contributed by atoms with Gasteiger partial charge in [0, 0.05) is 24.4 Å². The van der Waals surface area contributed by atoms with Crippen LogP contribution in [0.1, 0.15) is 32.1 Å². The van der Waals surface area contributed by atoms with Crippen LogP contribution in [0.5, 0.6) is 0 Å². The van der Waals surface area contributed by atoms with Crippen LogP contribution in [0.2, 0.25) is 0 Å². The van der Waals surface area contributed by atoms with Crippen LogP contribution in [-0.4, -0.2) is 40.9 Å². The van der Waals surface area contributed by atoms with Crippen molar-refractivity contribution in [1.82, 2.24) is 5.32 Å². The van der Waals surface area contributed by atoms with E-state index in [1.54, 1.807) is 0 Å². The molecule has 0 bridgehead atoms. The minimum absolute atomic E-state index is 0.0147. The summed E-state index contributed by atoms with van der Waals surface area (Å²) in [7, 11) is 0. The maximum absolute atomic E-state index is 12.2. The Morgan fingerprint density at radius 2 is 1.60 bits per heavy atom. The van der Waals surface area contributed by atoms with Gasteiger partial charge < -0.3 is 15.7 Å². The number of anilines is 1. The van der Waals surface area contributed by atoms with Crippen LogP contribution in [-0.2, 0) is 14.4 Å². The van der Waals surface area contributed by atoms with Crippen molar-refractivity contribution in [2.45, 2.75) is 32.1 Å². The van der Waals surface area contributed by atoms with Gasteiger partial charge in [0.25, 0.3) is 0 Å². The zero-order valence-electron chi connectivity index (χ0n) is 16.9. The van der Waals surface area contributed by atoms with Crippen LogP contribution >= 0.6 is 11.8 Å². The molecule has 160 valence electrons. The number of aliphatic carboxylic acids is 1. The van der Waals surface area contributed by atoms with E-state index in [1.165, 1.54) is 11.8 Å². The molecular weight excluding hydrogens is 400 g/mol. The monoisotopic (exact) mass is 428 g/mol. The summed E-state index contributed by atoms with van der Waals surface area (Å²) < 4.78 is 0. The summed E-state index contributed by atoms with van der Waals surface area (Å²) in [4.78, 5) is 34.2. The maximum atomic E-state index is 12.2. The summed E-state index contributed by atoms with van der Waals surface area (Å²) in [5.41, 5.74) is 2.95. The van der Waals surface area contributed by atoms with Crippen LogP contribution in [0, 0.1) is 0 Å². The van der Waals surface area contributed by atoms with E-state index in [-0.39, 0.29) is 24.0 Å². The van der Waals surface area contributed by atoms with Crippen LogP contribution in [0.15, 0.2) is 54.6 Å². The molecule has 0 fully saturated rings. The first-order chi connectivity index (χ1) is 14.5. The second kappa shape index (κ2) is 13.4. The van der Waals surface area contributed by atoms with Crippen molar-refractivity contribution in [3.63, 3.8) is 0 Å². The van der Waals surface area contributed by atoms with E-state index in [2.05, 4.69) is 10.6 Å². The highest BCUT2D eigenvalue weighted by atomic mass is 32.2. The Hall–Kier alpha value is -2.80. The lowest BCUT2D eigenvalue weighted by atomic mass is 10.1. The molecule has 0 saturated carbocycles. The highest BCUT2D eigenvalue weighted by Gasteiger charge is 2.05. The predicted octanol–water partition coefficient (Wildman–Crippen LogP) is 4.18. The molecule has 30 heavy (non-hydrogen) atoms. The van der Waals surface area contributed by atoms with Crippen LogP contribution in [0.25, 0.3) is 11.1 Å².